The van der Waals surface area contributed by atoms with E-state index in [2.05, 4.69) is 10.4 Å². The molecule has 25 heavy (non-hydrogen) atoms. The number of nitrogens with one attached hydrogen (secondary N) is 1. The Kier molecular flexibility index (Phi) is 5.17. The van der Waals surface area contributed by atoms with Crippen LogP contribution < -0.4 is 5.32 Å². The van der Waals surface area contributed by atoms with Gasteiger partial charge in [0.05, 0.1) is 48.1 Å². The van der Waals surface area contributed by atoms with E-state index < -0.39 is 6.10 Å². The normalized spacial score (nSPS) is 14.1. The Morgan fingerprint density at radius 1 is 1.20 bits per heavy atom. The van der Waals surface area contributed by atoms with Crippen LogP contribution in [0.1, 0.15) is 19.0 Å². The topological polar surface area (TPSA) is 103 Å². The lowest BCUT2D eigenvalue weighted by atomic mass is 10.1. The summed E-state index contributed by atoms with van der Waals surface area (Å²) >= 11 is 0. The van der Waals surface area contributed by atoms with E-state index in [9.17, 15) is 10.2 Å². The zero-order valence-electron chi connectivity index (χ0n) is 14.5. The van der Waals surface area contributed by atoms with Gasteiger partial charge in [-0.15, -0.1) is 0 Å². The van der Waals surface area contributed by atoms with Crippen molar-refractivity contribution in [3.05, 3.63) is 30.0 Å². The van der Waals surface area contributed by atoms with Gasteiger partial charge in [-0.25, -0.2) is 9.67 Å². The highest BCUT2D eigenvalue weighted by Crippen LogP contribution is 2.33. The molecule has 0 spiro atoms. The van der Waals surface area contributed by atoms with Crippen LogP contribution in [0, 0.1) is 6.92 Å². The van der Waals surface area contributed by atoms with Crippen molar-refractivity contribution >= 4 is 27.6 Å². The van der Waals surface area contributed by atoms with Crippen LogP contribution in [0.3, 0.4) is 0 Å². The summed E-state index contributed by atoms with van der Waals surface area (Å²) in [4.78, 5) is 4.71. The third-order valence-corrected chi connectivity index (χ3v) is 4.41. The Bertz CT molecular complexity index is 874. The number of benzene rings is 1. The Labute approximate surface area is 145 Å². The molecular formula is C18H24N4O3. The summed E-state index contributed by atoms with van der Waals surface area (Å²) in [6.07, 6.45) is -0.113. The number of fused-ring (bicyclic) bond motifs is 2. The van der Waals surface area contributed by atoms with Crippen molar-refractivity contribution in [2.75, 3.05) is 18.5 Å². The maximum Gasteiger partial charge on any atom is 0.160 e. The van der Waals surface area contributed by atoms with Crippen LogP contribution in [0.15, 0.2) is 24.3 Å². The Morgan fingerprint density at radius 2 is 1.96 bits per heavy atom. The fraction of sp³-hybridized carbons (Fsp3) is 0.444. The van der Waals surface area contributed by atoms with Gasteiger partial charge in [0, 0.05) is 11.4 Å². The molecule has 1 aromatic carbocycles. The number of pyridine rings is 1. The molecule has 3 aromatic rings. The minimum Gasteiger partial charge on any atom is -0.394 e. The second-order valence-electron chi connectivity index (χ2n) is 6.24. The maximum atomic E-state index is 9.80. The van der Waals surface area contributed by atoms with E-state index in [0.717, 1.165) is 34.1 Å². The van der Waals surface area contributed by atoms with Gasteiger partial charge in [-0.05, 0) is 19.4 Å². The highest BCUT2D eigenvalue weighted by Gasteiger charge is 2.19. The van der Waals surface area contributed by atoms with Crippen LogP contribution in [0.4, 0.5) is 5.69 Å². The number of hydrogen-bond donors (Lipinski definition) is 4. The number of para-hydroxylation sites is 1. The molecule has 0 aliphatic carbocycles. The van der Waals surface area contributed by atoms with Crippen LogP contribution in [0.25, 0.3) is 21.9 Å². The second kappa shape index (κ2) is 7.35. The quantitative estimate of drug-likeness (QED) is 0.517. The number of aromatic nitrogens is 3. The first-order valence-corrected chi connectivity index (χ1v) is 8.51. The molecule has 2 heterocycles. The van der Waals surface area contributed by atoms with Gasteiger partial charge in [0.2, 0.25) is 0 Å². The second-order valence-corrected chi connectivity index (χ2v) is 6.24. The number of rotatable bonds is 7. The lowest BCUT2D eigenvalue weighted by Crippen LogP contribution is -2.23. The minimum absolute atomic E-state index is 0.0328. The minimum atomic E-state index is -0.895. The third-order valence-electron chi connectivity index (χ3n) is 4.41. The zero-order valence-corrected chi connectivity index (χ0v) is 14.5. The Hall–Kier alpha value is -2.22. The van der Waals surface area contributed by atoms with E-state index >= 15 is 0 Å². The predicted octanol–water partition coefficient (Wildman–Crippen LogP) is 1.43. The molecule has 0 radical (unpaired) electrons. The predicted molar refractivity (Wildman–Crippen MR) is 97.7 cm³/mol. The molecule has 134 valence electrons. The van der Waals surface area contributed by atoms with Crippen LogP contribution in [0.2, 0.25) is 0 Å². The maximum absolute atomic E-state index is 9.80. The molecule has 7 heteroatoms. The molecule has 0 bridgehead atoms. The van der Waals surface area contributed by atoms with Gasteiger partial charge in [0.15, 0.2) is 5.65 Å². The molecule has 4 N–H and O–H groups in total. The third kappa shape index (κ3) is 3.30. The monoisotopic (exact) mass is 344 g/mol. The number of hydrogen-bond acceptors (Lipinski definition) is 6. The van der Waals surface area contributed by atoms with Gasteiger partial charge < -0.3 is 20.6 Å². The van der Waals surface area contributed by atoms with Crippen molar-refractivity contribution < 1.29 is 15.3 Å². The SMILES string of the molecule is CC[C@@H](CO)Nc1c2ccccc2nc2c1c(C)nn2C[C@@H](O)CO. The van der Waals surface area contributed by atoms with Crippen molar-refractivity contribution in [1.29, 1.82) is 0 Å². The van der Waals surface area contributed by atoms with E-state index in [0.29, 0.717) is 5.65 Å². The van der Waals surface area contributed by atoms with Crippen molar-refractivity contribution in [1.82, 2.24) is 14.8 Å². The first-order chi connectivity index (χ1) is 12.1. The lowest BCUT2D eigenvalue weighted by molar-refractivity contribution is 0.0791. The largest absolute Gasteiger partial charge is 0.394 e. The first-order valence-electron chi connectivity index (χ1n) is 8.51. The van der Waals surface area contributed by atoms with Gasteiger partial charge in [-0.3, -0.25) is 0 Å². The highest BCUT2D eigenvalue weighted by atomic mass is 16.3. The van der Waals surface area contributed by atoms with Crippen LogP contribution in [0.5, 0.6) is 0 Å². The smallest absolute Gasteiger partial charge is 0.160 e. The molecule has 0 aliphatic rings. The summed E-state index contributed by atoms with van der Waals surface area (Å²) < 4.78 is 1.63. The van der Waals surface area contributed by atoms with Crippen molar-refractivity contribution in [2.24, 2.45) is 0 Å². The molecule has 0 unspecified atom stereocenters. The van der Waals surface area contributed by atoms with Gasteiger partial charge >= 0.3 is 0 Å². The Balaban J connectivity index is 2.25. The zero-order chi connectivity index (χ0) is 18.0. The number of nitrogens with zero attached hydrogens (tertiary/aromatic N) is 3. The summed E-state index contributed by atoms with van der Waals surface area (Å²) in [5.74, 6) is 0. The van der Waals surface area contributed by atoms with E-state index in [1.54, 1.807) is 4.68 Å². The number of aryl methyl sites for hydroxylation is 1. The van der Waals surface area contributed by atoms with Crippen molar-refractivity contribution in [3.63, 3.8) is 0 Å². The molecule has 0 amide bonds. The molecule has 0 fully saturated rings. The number of aliphatic hydroxyl groups excluding tert-OH is 3. The summed E-state index contributed by atoms with van der Waals surface area (Å²) in [6.45, 7) is 3.78. The molecule has 3 rings (SSSR count). The molecule has 7 nitrogen and oxygen atoms in total. The van der Waals surface area contributed by atoms with E-state index in [-0.39, 0.29) is 25.8 Å². The van der Waals surface area contributed by atoms with E-state index in [1.165, 1.54) is 0 Å². The number of anilines is 1. The lowest BCUT2D eigenvalue weighted by Gasteiger charge is -2.18. The average molecular weight is 344 g/mol. The van der Waals surface area contributed by atoms with Gasteiger partial charge in [0.25, 0.3) is 0 Å². The molecule has 0 saturated carbocycles. The van der Waals surface area contributed by atoms with Gasteiger partial charge in [-0.1, -0.05) is 25.1 Å². The van der Waals surface area contributed by atoms with Crippen LogP contribution >= 0.6 is 0 Å². The fourth-order valence-electron chi connectivity index (χ4n) is 3.02. The van der Waals surface area contributed by atoms with Crippen molar-refractivity contribution in [3.8, 4) is 0 Å². The highest BCUT2D eigenvalue weighted by molar-refractivity contribution is 6.07. The fourth-order valence-corrected chi connectivity index (χ4v) is 3.02. The molecule has 0 aliphatic heterocycles. The standard InChI is InChI=1S/C18H24N4O3/c1-3-12(9-23)19-17-14-6-4-5-7-15(14)20-18-16(17)11(2)21-22(18)8-13(25)10-24/h4-7,12-13,23-25H,3,8-10H2,1-2H3,(H,19,20)/t12-,13+/m0/s1. The van der Waals surface area contributed by atoms with E-state index in [1.807, 2.05) is 38.1 Å². The Morgan fingerprint density at radius 3 is 2.64 bits per heavy atom. The van der Waals surface area contributed by atoms with Gasteiger partial charge in [-0.2, -0.15) is 5.10 Å². The average Bonchev–Trinajstić information content (AvgIpc) is 2.94. The molecule has 0 saturated heterocycles. The van der Waals surface area contributed by atoms with Crippen LogP contribution in [-0.2, 0) is 6.54 Å². The molecule has 2 atom stereocenters. The van der Waals surface area contributed by atoms with Gasteiger partial charge in [0.1, 0.15) is 0 Å². The summed E-state index contributed by atoms with van der Waals surface area (Å²) in [5.41, 5.74) is 3.14. The first kappa shape index (κ1) is 17.6. The van der Waals surface area contributed by atoms with Crippen molar-refractivity contribution in [2.45, 2.75) is 39.0 Å². The van der Waals surface area contributed by atoms with Crippen LogP contribution in [-0.4, -0.2) is 55.4 Å². The number of aliphatic hydroxyl groups is 3. The van der Waals surface area contributed by atoms with E-state index in [4.69, 9.17) is 10.1 Å². The summed E-state index contributed by atoms with van der Waals surface area (Å²) in [6, 6.07) is 7.73. The molecule has 2 aromatic heterocycles. The summed E-state index contributed by atoms with van der Waals surface area (Å²) in [7, 11) is 0. The summed E-state index contributed by atoms with van der Waals surface area (Å²) in [5, 5.41) is 38.3. The molecular weight excluding hydrogens is 320 g/mol.